The third-order valence-corrected chi connectivity index (χ3v) is 2.16. The fourth-order valence-corrected chi connectivity index (χ4v) is 1.35. The number of aryl methyl sites for hydroxylation is 1. The number of nitrogens with zero attached hydrogens (tertiary/aromatic N) is 2. The zero-order chi connectivity index (χ0) is 11.5. The summed E-state index contributed by atoms with van der Waals surface area (Å²) >= 11 is 0. The minimum absolute atomic E-state index is 0.140. The number of carboxylic acid groups (broad SMARTS) is 1. The van der Waals surface area contributed by atoms with Crippen LogP contribution in [0.3, 0.4) is 0 Å². The molecule has 1 heterocycles. The molecule has 0 unspecified atom stereocenters. The van der Waals surface area contributed by atoms with Gasteiger partial charge in [0.25, 0.3) is 0 Å². The van der Waals surface area contributed by atoms with Crippen molar-refractivity contribution in [2.24, 2.45) is 0 Å². The largest absolute Gasteiger partial charge is 0.481 e. The maximum atomic E-state index is 10.5. The molecule has 16 heavy (non-hydrogen) atoms. The van der Waals surface area contributed by atoms with Gasteiger partial charge in [-0.05, 0) is 6.92 Å². The number of hydrogen-bond donors (Lipinski definition) is 2. The van der Waals surface area contributed by atoms with Gasteiger partial charge in [-0.1, -0.05) is 29.8 Å². The lowest BCUT2D eigenvalue weighted by Gasteiger charge is -1.95. The molecule has 0 amide bonds. The molecule has 0 aliphatic carbocycles. The van der Waals surface area contributed by atoms with Crippen LogP contribution in [0.4, 0.5) is 0 Å². The van der Waals surface area contributed by atoms with Gasteiger partial charge in [-0.25, -0.2) is 4.98 Å². The molecule has 0 aliphatic rings. The van der Waals surface area contributed by atoms with Crippen LogP contribution in [-0.4, -0.2) is 26.3 Å². The molecule has 0 spiro atoms. The minimum atomic E-state index is -0.924. The van der Waals surface area contributed by atoms with E-state index >= 15 is 0 Å². The van der Waals surface area contributed by atoms with Gasteiger partial charge in [-0.15, -0.1) is 0 Å². The zero-order valence-electron chi connectivity index (χ0n) is 8.77. The Morgan fingerprint density at radius 3 is 2.69 bits per heavy atom. The van der Waals surface area contributed by atoms with Crippen molar-refractivity contribution < 1.29 is 9.90 Å². The fourth-order valence-electron chi connectivity index (χ4n) is 1.35. The number of rotatable bonds is 3. The van der Waals surface area contributed by atoms with Crippen molar-refractivity contribution in [1.82, 2.24) is 15.2 Å². The summed E-state index contributed by atoms with van der Waals surface area (Å²) in [4.78, 5) is 14.6. The number of aromatic amines is 1. The van der Waals surface area contributed by atoms with Gasteiger partial charge < -0.3 is 5.11 Å². The fraction of sp³-hybridized carbons (Fsp3) is 0.182. The Hall–Kier alpha value is -2.17. The summed E-state index contributed by atoms with van der Waals surface area (Å²) in [5.74, 6) is -0.0362. The van der Waals surface area contributed by atoms with Crippen molar-refractivity contribution in [2.75, 3.05) is 0 Å². The number of carbonyl (C=O) groups is 1. The number of benzene rings is 1. The van der Waals surface area contributed by atoms with E-state index in [0.29, 0.717) is 11.6 Å². The van der Waals surface area contributed by atoms with Gasteiger partial charge in [0, 0.05) is 5.56 Å². The van der Waals surface area contributed by atoms with Gasteiger partial charge in [0.15, 0.2) is 5.82 Å². The molecule has 2 N–H and O–H groups in total. The Morgan fingerprint density at radius 1 is 1.38 bits per heavy atom. The van der Waals surface area contributed by atoms with Crippen LogP contribution in [0.15, 0.2) is 24.3 Å². The molecule has 1 aromatic heterocycles. The second-order valence-corrected chi connectivity index (χ2v) is 3.54. The Morgan fingerprint density at radius 2 is 2.06 bits per heavy atom. The first-order valence-electron chi connectivity index (χ1n) is 4.85. The van der Waals surface area contributed by atoms with Crippen molar-refractivity contribution in [1.29, 1.82) is 0 Å². The van der Waals surface area contributed by atoms with E-state index in [9.17, 15) is 4.79 Å². The van der Waals surface area contributed by atoms with Crippen LogP contribution in [0, 0.1) is 6.92 Å². The van der Waals surface area contributed by atoms with E-state index in [1.54, 1.807) is 0 Å². The van der Waals surface area contributed by atoms with Crippen molar-refractivity contribution in [3.8, 4) is 11.4 Å². The second-order valence-electron chi connectivity index (χ2n) is 3.54. The number of carboxylic acids is 1. The van der Waals surface area contributed by atoms with E-state index in [1.165, 1.54) is 0 Å². The first-order chi connectivity index (χ1) is 7.65. The minimum Gasteiger partial charge on any atom is -0.481 e. The maximum absolute atomic E-state index is 10.5. The van der Waals surface area contributed by atoms with Gasteiger partial charge in [0.2, 0.25) is 0 Å². The lowest BCUT2D eigenvalue weighted by atomic mass is 10.1. The van der Waals surface area contributed by atoms with Gasteiger partial charge in [-0.3, -0.25) is 9.89 Å². The topological polar surface area (TPSA) is 78.9 Å². The summed E-state index contributed by atoms with van der Waals surface area (Å²) in [6.45, 7) is 2.00. The summed E-state index contributed by atoms with van der Waals surface area (Å²) in [5, 5.41) is 15.2. The third kappa shape index (κ3) is 2.25. The van der Waals surface area contributed by atoms with Crippen molar-refractivity contribution in [2.45, 2.75) is 13.3 Å². The monoisotopic (exact) mass is 217 g/mol. The van der Waals surface area contributed by atoms with Crippen LogP contribution >= 0.6 is 0 Å². The number of H-pyrrole nitrogens is 1. The zero-order valence-corrected chi connectivity index (χ0v) is 8.77. The van der Waals surface area contributed by atoms with Crippen LogP contribution in [0.25, 0.3) is 11.4 Å². The van der Waals surface area contributed by atoms with E-state index in [1.807, 2.05) is 31.2 Å². The molecule has 0 saturated carbocycles. The summed E-state index contributed by atoms with van der Waals surface area (Å²) in [5.41, 5.74) is 2.03. The third-order valence-electron chi connectivity index (χ3n) is 2.16. The molecule has 1 aromatic carbocycles. The van der Waals surface area contributed by atoms with Gasteiger partial charge in [0.05, 0.1) is 0 Å². The van der Waals surface area contributed by atoms with E-state index in [-0.39, 0.29) is 6.42 Å². The quantitative estimate of drug-likeness (QED) is 0.814. The maximum Gasteiger partial charge on any atom is 0.311 e. The molecule has 0 fully saturated rings. The van der Waals surface area contributed by atoms with Crippen molar-refractivity contribution in [3.63, 3.8) is 0 Å². The highest BCUT2D eigenvalue weighted by atomic mass is 16.4. The first-order valence-corrected chi connectivity index (χ1v) is 4.85. The van der Waals surface area contributed by atoms with E-state index in [4.69, 9.17) is 5.11 Å². The highest BCUT2D eigenvalue weighted by Crippen LogP contribution is 2.15. The second kappa shape index (κ2) is 4.14. The molecule has 0 saturated heterocycles. The molecule has 0 aliphatic heterocycles. The summed E-state index contributed by atoms with van der Waals surface area (Å²) in [6, 6.07) is 7.73. The Labute approximate surface area is 92.2 Å². The summed E-state index contributed by atoms with van der Waals surface area (Å²) < 4.78 is 0. The van der Waals surface area contributed by atoms with Gasteiger partial charge in [0.1, 0.15) is 12.2 Å². The van der Waals surface area contributed by atoms with E-state index in [0.717, 1.165) is 11.1 Å². The number of aliphatic carboxylic acids is 1. The van der Waals surface area contributed by atoms with Crippen molar-refractivity contribution >= 4 is 5.97 Å². The molecular weight excluding hydrogens is 206 g/mol. The highest BCUT2D eigenvalue weighted by Gasteiger charge is 2.08. The molecule has 0 atom stereocenters. The van der Waals surface area contributed by atoms with E-state index < -0.39 is 5.97 Å². The van der Waals surface area contributed by atoms with Gasteiger partial charge >= 0.3 is 5.97 Å². The average molecular weight is 217 g/mol. The Kier molecular flexibility index (Phi) is 2.68. The molecule has 5 heteroatoms. The Balaban J connectivity index is 2.24. The molecule has 2 rings (SSSR count). The smallest absolute Gasteiger partial charge is 0.311 e. The molecule has 0 radical (unpaired) electrons. The highest BCUT2D eigenvalue weighted by molar-refractivity contribution is 5.69. The van der Waals surface area contributed by atoms with Crippen LogP contribution in [0.2, 0.25) is 0 Å². The summed E-state index contributed by atoms with van der Waals surface area (Å²) in [7, 11) is 0. The lowest BCUT2D eigenvalue weighted by Crippen LogP contribution is -2.01. The molecule has 0 bridgehead atoms. The molecule has 5 nitrogen and oxygen atoms in total. The normalized spacial score (nSPS) is 10.3. The van der Waals surface area contributed by atoms with E-state index in [2.05, 4.69) is 15.2 Å². The molecule has 2 aromatic rings. The molecular formula is C11H11N3O2. The van der Waals surface area contributed by atoms with Crippen LogP contribution in [0.1, 0.15) is 11.4 Å². The average Bonchev–Trinajstić information content (AvgIpc) is 2.66. The number of hydrogen-bond acceptors (Lipinski definition) is 3. The number of aromatic nitrogens is 3. The van der Waals surface area contributed by atoms with Crippen LogP contribution < -0.4 is 0 Å². The first kappa shape index (κ1) is 10.4. The lowest BCUT2D eigenvalue weighted by molar-refractivity contribution is -0.136. The van der Waals surface area contributed by atoms with Crippen molar-refractivity contribution in [3.05, 3.63) is 35.7 Å². The van der Waals surface area contributed by atoms with Crippen LogP contribution in [0.5, 0.6) is 0 Å². The standard InChI is InChI=1S/C11H11N3O2/c1-7-2-4-8(5-3-7)11-12-9(13-14-11)6-10(15)16/h2-5H,6H2,1H3,(H,15,16)(H,12,13,14). The predicted octanol–water partition coefficient (Wildman–Crippen LogP) is 1.41. The predicted molar refractivity (Wildman–Crippen MR) is 57.9 cm³/mol. The van der Waals surface area contributed by atoms with Crippen LogP contribution in [-0.2, 0) is 11.2 Å². The number of nitrogens with one attached hydrogen (secondary N) is 1. The summed E-state index contributed by atoms with van der Waals surface area (Å²) in [6.07, 6.45) is -0.140. The Bertz CT molecular complexity index is 502. The SMILES string of the molecule is Cc1ccc(-c2n[nH]c(CC(=O)O)n2)cc1. The van der Waals surface area contributed by atoms with Gasteiger partial charge in [-0.2, -0.15) is 5.10 Å². The molecule has 82 valence electrons.